The van der Waals surface area contributed by atoms with E-state index in [4.69, 9.17) is 9.52 Å². The van der Waals surface area contributed by atoms with Crippen LogP contribution in [-0.4, -0.2) is 36.3 Å². The molecule has 16 heavy (non-hydrogen) atoms. The summed E-state index contributed by atoms with van der Waals surface area (Å²) in [5, 5.41) is 14.1. The van der Waals surface area contributed by atoms with E-state index >= 15 is 0 Å². The first-order valence-corrected chi connectivity index (χ1v) is 4.49. The molecule has 1 aromatic rings. The molecule has 2 amide bonds. The molecule has 1 heterocycles. The maximum absolute atomic E-state index is 11.0. The van der Waals surface area contributed by atoms with Crippen molar-refractivity contribution < 1.29 is 19.1 Å². The molecule has 0 aliphatic heterocycles. The average Bonchev–Trinajstić information content (AvgIpc) is 2.78. The average molecular weight is 225 g/mol. The van der Waals surface area contributed by atoms with Crippen LogP contribution in [0.4, 0.5) is 0 Å². The molecular formula is C9H11N3O4. The summed E-state index contributed by atoms with van der Waals surface area (Å²) in [6.45, 7) is -0.206. The molecule has 0 radical (unpaired) electrons. The van der Waals surface area contributed by atoms with Gasteiger partial charge in [0.25, 0.3) is 0 Å². The van der Waals surface area contributed by atoms with Crippen LogP contribution in [0.3, 0.4) is 0 Å². The summed E-state index contributed by atoms with van der Waals surface area (Å²) in [5.41, 5.74) is 2.01. The monoisotopic (exact) mass is 225 g/mol. The minimum Gasteiger partial charge on any atom is -0.463 e. The van der Waals surface area contributed by atoms with Crippen molar-refractivity contribution in [2.45, 2.75) is 0 Å². The van der Waals surface area contributed by atoms with Crippen molar-refractivity contribution in [3.8, 4) is 0 Å². The van der Waals surface area contributed by atoms with Crippen LogP contribution in [0.5, 0.6) is 0 Å². The third-order valence-electron chi connectivity index (χ3n) is 1.50. The van der Waals surface area contributed by atoms with Crippen LogP contribution < -0.4 is 10.7 Å². The highest BCUT2D eigenvalue weighted by Crippen LogP contribution is 1.94. The van der Waals surface area contributed by atoms with E-state index < -0.39 is 11.8 Å². The van der Waals surface area contributed by atoms with Gasteiger partial charge in [0, 0.05) is 6.54 Å². The van der Waals surface area contributed by atoms with Gasteiger partial charge in [-0.3, -0.25) is 9.59 Å². The first-order chi connectivity index (χ1) is 7.74. The molecule has 7 nitrogen and oxygen atoms in total. The van der Waals surface area contributed by atoms with E-state index in [1.807, 2.05) is 5.43 Å². The largest absolute Gasteiger partial charge is 0.463 e. The third kappa shape index (κ3) is 3.93. The topological polar surface area (TPSA) is 104 Å². The van der Waals surface area contributed by atoms with Gasteiger partial charge < -0.3 is 14.8 Å². The number of carbonyl (C=O) groups excluding carboxylic acids is 2. The Morgan fingerprint density at radius 1 is 1.50 bits per heavy atom. The van der Waals surface area contributed by atoms with E-state index in [1.165, 1.54) is 12.5 Å². The predicted octanol–water partition coefficient (Wildman–Crippen LogP) is -1.16. The lowest BCUT2D eigenvalue weighted by Crippen LogP contribution is -2.39. The number of carbonyl (C=O) groups is 2. The second-order valence-corrected chi connectivity index (χ2v) is 2.69. The lowest BCUT2D eigenvalue weighted by molar-refractivity contribution is -0.139. The molecule has 0 fully saturated rings. The van der Waals surface area contributed by atoms with Crippen LogP contribution in [-0.2, 0) is 9.59 Å². The fourth-order valence-electron chi connectivity index (χ4n) is 0.820. The minimum absolute atomic E-state index is 0.0220. The highest BCUT2D eigenvalue weighted by Gasteiger charge is 2.10. The van der Waals surface area contributed by atoms with Gasteiger partial charge in [-0.1, -0.05) is 0 Å². The van der Waals surface area contributed by atoms with E-state index in [2.05, 4.69) is 10.4 Å². The third-order valence-corrected chi connectivity index (χ3v) is 1.50. The maximum Gasteiger partial charge on any atom is 0.329 e. The zero-order chi connectivity index (χ0) is 11.8. The summed E-state index contributed by atoms with van der Waals surface area (Å²) in [6.07, 6.45) is 2.72. The van der Waals surface area contributed by atoms with Crippen molar-refractivity contribution >= 4 is 18.0 Å². The van der Waals surface area contributed by atoms with Gasteiger partial charge >= 0.3 is 11.8 Å². The van der Waals surface area contributed by atoms with E-state index in [9.17, 15) is 9.59 Å². The lowest BCUT2D eigenvalue weighted by Gasteiger charge is -2.00. The summed E-state index contributed by atoms with van der Waals surface area (Å²) >= 11 is 0. The van der Waals surface area contributed by atoms with Gasteiger partial charge in [0.2, 0.25) is 0 Å². The summed E-state index contributed by atoms with van der Waals surface area (Å²) in [5.74, 6) is -1.31. The normalized spacial score (nSPS) is 10.3. The van der Waals surface area contributed by atoms with Gasteiger partial charge in [0.05, 0.1) is 19.1 Å². The standard InChI is InChI=1S/C9H11N3O4/c13-4-3-10-8(14)9(15)12-11-6-7-2-1-5-16-7/h1-2,5-6,13H,3-4H2,(H,10,14)(H,12,15)/b11-6-. The van der Waals surface area contributed by atoms with Crippen LogP contribution >= 0.6 is 0 Å². The number of hydrazone groups is 1. The quantitative estimate of drug-likeness (QED) is 0.341. The van der Waals surface area contributed by atoms with Crippen molar-refractivity contribution in [1.29, 1.82) is 0 Å². The lowest BCUT2D eigenvalue weighted by atomic mass is 10.5. The Labute approximate surface area is 91.1 Å². The van der Waals surface area contributed by atoms with Gasteiger partial charge in [0.15, 0.2) is 0 Å². The fraction of sp³-hybridized carbons (Fsp3) is 0.222. The van der Waals surface area contributed by atoms with Crippen LogP contribution in [0.15, 0.2) is 27.9 Å². The van der Waals surface area contributed by atoms with Gasteiger partial charge in [-0.25, -0.2) is 5.43 Å². The van der Waals surface area contributed by atoms with Gasteiger partial charge in [-0.05, 0) is 12.1 Å². The Kier molecular flexibility index (Phi) is 4.74. The molecule has 0 spiro atoms. The highest BCUT2D eigenvalue weighted by atomic mass is 16.3. The van der Waals surface area contributed by atoms with Crippen LogP contribution in [0.25, 0.3) is 0 Å². The molecule has 0 atom stereocenters. The smallest absolute Gasteiger partial charge is 0.329 e. The molecule has 0 saturated heterocycles. The van der Waals surface area contributed by atoms with Crippen LogP contribution in [0.2, 0.25) is 0 Å². The van der Waals surface area contributed by atoms with Crippen molar-refractivity contribution in [2.75, 3.05) is 13.2 Å². The SMILES string of the molecule is O=C(NCCO)C(=O)N/N=C\c1ccco1. The molecule has 0 bridgehead atoms. The molecule has 3 N–H and O–H groups in total. The fourth-order valence-corrected chi connectivity index (χ4v) is 0.820. The number of nitrogens with zero attached hydrogens (tertiary/aromatic N) is 1. The number of amides is 2. The Morgan fingerprint density at radius 2 is 2.31 bits per heavy atom. The number of aliphatic hydroxyl groups excluding tert-OH is 1. The molecule has 0 aliphatic carbocycles. The number of rotatable bonds is 4. The summed E-state index contributed by atoms with van der Waals surface area (Å²) in [7, 11) is 0. The highest BCUT2D eigenvalue weighted by molar-refractivity contribution is 6.35. The Bertz CT molecular complexity index is 372. The first kappa shape index (κ1) is 11.9. The zero-order valence-electron chi connectivity index (χ0n) is 8.34. The van der Waals surface area contributed by atoms with E-state index in [-0.39, 0.29) is 13.2 Å². The predicted molar refractivity (Wildman–Crippen MR) is 54.5 cm³/mol. The maximum atomic E-state index is 11.0. The van der Waals surface area contributed by atoms with Crippen LogP contribution in [0.1, 0.15) is 5.76 Å². The molecule has 0 saturated carbocycles. The van der Waals surface area contributed by atoms with Crippen molar-refractivity contribution in [3.05, 3.63) is 24.2 Å². The van der Waals surface area contributed by atoms with Gasteiger partial charge in [0.1, 0.15) is 5.76 Å². The van der Waals surface area contributed by atoms with E-state index in [0.717, 1.165) is 0 Å². The molecule has 0 aliphatic rings. The first-order valence-electron chi connectivity index (χ1n) is 4.49. The number of hydrogen-bond acceptors (Lipinski definition) is 5. The Morgan fingerprint density at radius 3 is 2.94 bits per heavy atom. The summed E-state index contributed by atoms with van der Waals surface area (Å²) in [6, 6.07) is 3.30. The minimum atomic E-state index is -0.906. The number of furan rings is 1. The molecule has 86 valence electrons. The molecular weight excluding hydrogens is 214 g/mol. The van der Waals surface area contributed by atoms with E-state index in [0.29, 0.717) is 5.76 Å². The van der Waals surface area contributed by atoms with Gasteiger partial charge in [-0.15, -0.1) is 0 Å². The van der Waals surface area contributed by atoms with Crippen LogP contribution in [0, 0.1) is 0 Å². The summed E-state index contributed by atoms with van der Waals surface area (Å²) in [4.78, 5) is 22.0. The molecule has 0 unspecified atom stereocenters. The molecule has 0 aromatic carbocycles. The van der Waals surface area contributed by atoms with Gasteiger partial charge in [-0.2, -0.15) is 5.10 Å². The second kappa shape index (κ2) is 6.36. The van der Waals surface area contributed by atoms with Crippen molar-refractivity contribution in [3.63, 3.8) is 0 Å². The molecule has 1 aromatic heterocycles. The number of hydrogen-bond donors (Lipinski definition) is 3. The number of aliphatic hydroxyl groups is 1. The second-order valence-electron chi connectivity index (χ2n) is 2.69. The Hall–Kier alpha value is -2.15. The van der Waals surface area contributed by atoms with Crippen molar-refractivity contribution in [1.82, 2.24) is 10.7 Å². The van der Waals surface area contributed by atoms with Crippen molar-refractivity contribution in [2.24, 2.45) is 5.10 Å². The van der Waals surface area contributed by atoms with E-state index in [1.54, 1.807) is 12.1 Å². The molecule has 7 heteroatoms. The molecule has 1 rings (SSSR count). The summed E-state index contributed by atoms with van der Waals surface area (Å²) < 4.78 is 4.91. The zero-order valence-corrected chi connectivity index (χ0v) is 8.34. The number of nitrogens with one attached hydrogen (secondary N) is 2. The Balaban J connectivity index is 2.32.